The molecule has 0 unspecified atom stereocenters. The summed E-state index contributed by atoms with van der Waals surface area (Å²) in [6.07, 6.45) is 3.47. The van der Waals surface area contributed by atoms with E-state index >= 15 is 0 Å². The molecule has 1 N–H and O–H groups in total. The molecule has 0 spiro atoms. The Balaban J connectivity index is 1.88. The minimum Gasteiger partial charge on any atom is -0.493 e. The number of para-hydroxylation sites is 1. The van der Waals surface area contributed by atoms with Gasteiger partial charge in [0, 0.05) is 12.0 Å². The Bertz CT molecular complexity index is 1010. The number of nitrogens with one attached hydrogen (secondary N) is 1. The maximum absolute atomic E-state index is 6.09. The van der Waals surface area contributed by atoms with Crippen molar-refractivity contribution >= 4 is 18.4 Å². The maximum atomic E-state index is 6.09. The van der Waals surface area contributed by atoms with E-state index in [0.29, 0.717) is 22.9 Å². The smallest absolute Gasteiger partial charge is 0.216 e. The summed E-state index contributed by atoms with van der Waals surface area (Å²) in [5, 5.41) is 11.5. The predicted molar refractivity (Wildman–Crippen MR) is 113 cm³/mol. The molecule has 0 bridgehead atoms. The predicted octanol–water partition coefficient (Wildman–Crippen LogP) is 4.67. The third-order valence-electron chi connectivity index (χ3n) is 4.24. The van der Waals surface area contributed by atoms with E-state index < -0.39 is 0 Å². The molecule has 6 nitrogen and oxygen atoms in total. The fourth-order valence-electron chi connectivity index (χ4n) is 2.74. The summed E-state index contributed by atoms with van der Waals surface area (Å²) in [7, 11) is 1.63. The van der Waals surface area contributed by atoms with Gasteiger partial charge >= 0.3 is 0 Å². The van der Waals surface area contributed by atoms with Crippen LogP contribution in [-0.2, 0) is 13.0 Å². The molecule has 1 aromatic heterocycles. The van der Waals surface area contributed by atoms with Crippen molar-refractivity contribution in [3.05, 3.63) is 69.8 Å². The molecule has 0 aliphatic heterocycles. The van der Waals surface area contributed by atoms with Crippen LogP contribution in [0.2, 0.25) is 0 Å². The zero-order valence-electron chi connectivity index (χ0n) is 16.3. The summed E-state index contributed by atoms with van der Waals surface area (Å²) in [6, 6.07) is 14.0. The Morgan fingerprint density at radius 1 is 1.21 bits per heavy atom. The van der Waals surface area contributed by atoms with Crippen LogP contribution >= 0.6 is 12.2 Å². The number of hydrogen-bond donors (Lipinski definition) is 1. The molecule has 0 aliphatic rings. The largest absolute Gasteiger partial charge is 0.493 e. The van der Waals surface area contributed by atoms with Crippen molar-refractivity contribution in [1.82, 2.24) is 14.9 Å². The molecule has 1 heterocycles. The number of aromatic amines is 1. The van der Waals surface area contributed by atoms with Crippen LogP contribution in [0.1, 0.15) is 35.9 Å². The molecule has 28 heavy (non-hydrogen) atoms. The van der Waals surface area contributed by atoms with E-state index in [2.05, 4.69) is 53.4 Å². The zero-order valence-corrected chi connectivity index (χ0v) is 17.1. The first kappa shape index (κ1) is 19.8. The van der Waals surface area contributed by atoms with Crippen LogP contribution in [0, 0.1) is 11.7 Å². The van der Waals surface area contributed by atoms with Crippen LogP contribution in [0.4, 0.5) is 0 Å². The van der Waals surface area contributed by atoms with Crippen molar-refractivity contribution < 1.29 is 9.47 Å². The SMILES string of the molecule is CCCc1n[nH]c(=S)n1/N=C/c1cccc(OC)c1OCc1ccc(C)cc1. The number of aromatic nitrogens is 3. The van der Waals surface area contributed by atoms with E-state index in [1.54, 1.807) is 18.0 Å². The van der Waals surface area contributed by atoms with Gasteiger partial charge in [0.25, 0.3) is 0 Å². The van der Waals surface area contributed by atoms with Gasteiger partial charge in [-0.1, -0.05) is 42.8 Å². The molecule has 2 aromatic carbocycles. The first-order valence-corrected chi connectivity index (χ1v) is 9.59. The Labute approximate surface area is 169 Å². The first-order chi connectivity index (χ1) is 13.6. The first-order valence-electron chi connectivity index (χ1n) is 9.18. The van der Waals surface area contributed by atoms with Crippen molar-refractivity contribution in [3.63, 3.8) is 0 Å². The number of ether oxygens (including phenoxy) is 2. The van der Waals surface area contributed by atoms with Gasteiger partial charge in [-0.25, -0.2) is 0 Å². The number of H-pyrrole nitrogens is 1. The van der Waals surface area contributed by atoms with Crippen LogP contribution in [-0.4, -0.2) is 28.2 Å². The van der Waals surface area contributed by atoms with Gasteiger partial charge in [0.1, 0.15) is 6.61 Å². The summed E-state index contributed by atoms with van der Waals surface area (Å²) in [5.74, 6) is 2.09. The van der Waals surface area contributed by atoms with E-state index in [0.717, 1.165) is 29.8 Å². The molecule has 3 rings (SSSR count). The second-order valence-electron chi connectivity index (χ2n) is 6.40. The highest BCUT2D eigenvalue weighted by atomic mass is 32.1. The van der Waals surface area contributed by atoms with Crippen LogP contribution in [0.15, 0.2) is 47.6 Å². The van der Waals surface area contributed by atoms with E-state index in [-0.39, 0.29) is 0 Å². The van der Waals surface area contributed by atoms with Crippen LogP contribution in [0.25, 0.3) is 0 Å². The summed E-state index contributed by atoms with van der Waals surface area (Å²) in [5.41, 5.74) is 3.10. The Morgan fingerprint density at radius 2 is 2.00 bits per heavy atom. The third-order valence-corrected chi connectivity index (χ3v) is 4.50. The number of rotatable bonds is 8. The molecule has 146 valence electrons. The molecule has 0 atom stereocenters. The summed E-state index contributed by atoms with van der Waals surface area (Å²) in [6.45, 7) is 4.59. The fraction of sp³-hybridized carbons (Fsp3) is 0.286. The highest BCUT2D eigenvalue weighted by Crippen LogP contribution is 2.31. The number of nitrogens with zero attached hydrogens (tertiary/aromatic N) is 3. The number of benzene rings is 2. The number of methoxy groups -OCH3 is 1. The molecule has 3 aromatic rings. The second kappa shape index (κ2) is 9.32. The van der Waals surface area contributed by atoms with E-state index in [4.69, 9.17) is 21.7 Å². The molecule has 0 saturated carbocycles. The van der Waals surface area contributed by atoms with Gasteiger partial charge in [0.2, 0.25) is 4.77 Å². The summed E-state index contributed by atoms with van der Waals surface area (Å²) < 4.78 is 13.7. The molecular weight excluding hydrogens is 372 g/mol. The average molecular weight is 397 g/mol. The van der Waals surface area contributed by atoms with E-state index in [9.17, 15) is 0 Å². The van der Waals surface area contributed by atoms with Gasteiger partial charge in [-0.3, -0.25) is 5.10 Å². The van der Waals surface area contributed by atoms with Gasteiger partial charge in [-0.05, 0) is 43.3 Å². The Hall–Kier alpha value is -2.93. The van der Waals surface area contributed by atoms with Gasteiger partial charge in [-0.2, -0.15) is 14.9 Å². The molecule has 0 fully saturated rings. The number of aryl methyl sites for hydroxylation is 2. The van der Waals surface area contributed by atoms with Gasteiger partial charge in [0.05, 0.1) is 13.3 Å². The maximum Gasteiger partial charge on any atom is 0.216 e. The minimum absolute atomic E-state index is 0.438. The highest BCUT2D eigenvalue weighted by molar-refractivity contribution is 7.71. The lowest BCUT2D eigenvalue weighted by Gasteiger charge is -2.13. The van der Waals surface area contributed by atoms with Crippen molar-refractivity contribution in [2.45, 2.75) is 33.3 Å². The average Bonchev–Trinajstić information content (AvgIpc) is 3.05. The van der Waals surface area contributed by atoms with Crippen LogP contribution < -0.4 is 9.47 Å². The Kier molecular flexibility index (Phi) is 6.60. The van der Waals surface area contributed by atoms with Crippen molar-refractivity contribution in [3.8, 4) is 11.5 Å². The number of hydrogen-bond acceptors (Lipinski definition) is 5. The standard InChI is InChI=1S/C21H24N4O2S/c1-4-6-19-23-24-21(28)25(19)22-13-17-7-5-8-18(26-3)20(17)27-14-16-11-9-15(2)10-12-16/h5,7-13H,4,6,14H2,1-3H3,(H,24,28)/b22-13+. The van der Waals surface area contributed by atoms with Gasteiger partial charge in [-0.15, -0.1) is 0 Å². The van der Waals surface area contributed by atoms with Gasteiger partial charge in [0.15, 0.2) is 17.3 Å². The lowest BCUT2D eigenvalue weighted by molar-refractivity contribution is 0.284. The molecular formula is C21H24N4O2S. The monoisotopic (exact) mass is 396 g/mol. The molecule has 0 saturated heterocycles. The fourth-order valence-corrected chi connectivity index (χ4v) is 2.94. The lowest BCUT2D eigenvalue weighted by Crippen LogP contribution is -2.02. The lowest BCUT2D eigenvalue weighted by atomic mass is 10.1. The van der Waals surface area contributed by atoms with Crippen molar-refractivity contribution in [2.24, 2.45) is 5.10 Å². The molecule has 0 aliphatic carbocycles. The quantitative estimate of drug-likeness (QED) is 0.444. The molecule has 0 radical (unpaired) electrons. The van der Waals surface area contributed by atoms with Crippen LogP contribution in [0.3, 0.4) is 0 Å². The second-order valence-corrected chi connectivity index (χ2v) is 6.79. The zero-order chi connectivity index (χ0) is 19.9. The van der Waals surface area contributed by atoms with E-state index in [1.807, 2.05) is 18.2 Å². The Morgan fingerprint density at radius 3 is 2.71 bits per heavy atom. The minimum atomic E-state index is 0.438. The normalized spacial score (nSPS) is 11.1. The van der Waals surface area contributed by atoms with E-state index in [1.165, 1.54) is 5.56 Å². The third kappa shape index (κ3) is 4.67. The van der Waals surface area contributed by atoms with Gasteiger partial charge < -0.3 is 9.47 Å². The summed E-state index contributed by atoms with van der Waals surface area (Å²) in [4.78, 5) is 0. The van der Waals surface area contributed by atoms with Crippen molar-refractivity contribution in [2.75, 3.05) is 7.11 Å². The molecule has 7 heteroatoms. The van der Waals surface area contributed by atoms with Crippen LogP contribution in [0.5, 0.6) is 11.5 Å². The topological polar surface area (TPSA) is 64.4 Å². The molecule has 0 amide bonds. The highest BCUT2D eigenvalue weighted by Gasteiger charge is 2.10. The summed E-state index contributed by atoms with van der Waals surface area (Å²) >= 11 is 5.28. The van der Waals surface area contributed by atoms with Crippen molar-refractivity contribution in [1.29, 1.82) is 0 Å².